The van der Waals surface area contributed by atoms with Gasteiger partial charge in [0.25, 0.3) is 0 Å². The third-order valence-electron chi connectivity index (χ3n) is 18.4. The second-order valence-corrected chi connectivity index (χ2v) is 31.8. The van der Waals surface area contributed by atoms with Crippen LogP contribution in [0.15, 0.2) is 217 Å². The lowest BCUT2D eigenvalue weighted by Gasteiger charge is -2.43. The first kappa shape index (κ1) is 54.7. The van der Waals surface area contributed by atoms with Crippen LogP contribution in [0.4, 0.5) is 0 Å². The van der Waals surface area contributed by atoms with E-state index in [0.29, 0.717) is 0 Å². The second-order valence-electron chi connectivity index (χ2n) is 27.7. The fraction of sp³-hybridized carbons (Fsp3) is 0.225. The van der Waals surface area contributed by atoms with Gasteiger partial charge in [-0.25, -0.2) is 0 Å². The summed E-state index contributed by atoms with van der Waals surface area (Å²) in [5, 5.41) is 6.99. The molecule has 0 bridgehead atoms. The third kappa shape index (κ3) is 8.67. The molecular formula is C80H72S4. The molecule has 2 aliphatic rings. The van der Waals surface area contributed by atoms with Gasteiger partial charge in [-0.15, -0.1) is 45.3 Å². The molecular weight excluding hydrogens is 1090 g/mol. The zero-order chi connectivity index (χ0) is 58.3. The Morgan fingerprint density at radius 1 is 0.286 bits per heavy atom. The molecule has 0 fully saturated rings. The van der Waals surface area contributed by atoms with Crippen molar-refractivity contribution < 1.29 is 0 Å². The van der Waals surface area contributed by atoms with Gasteiger partial charge >= 0.3 is 0 Å². The van der Waals surface area contributed by atoms with Crippen molar-refractivity contribution in [1.29, 1.82) is 0 Å². The van der Waals surface area contributed by atoms with Crippen molar-refractivity contribution in [1.82, 2.24) is 0 Å². The number of fused-ring (bicyclic) bond motifs is 6. The minimum absolute atomic E-state index is 0.0138. The maximum Gasteiger partial charge on any atom is 0.0714 e. The van der Waals surface area contributed by atoms with E-state index in [9.17, 15) is 0 Å². The predicted octanol–water partition coefficient (Wildman–Crippen LogP) is 23.7. The van der Waals surface area contributed by atoms with E-state index >= 15 is 0 Å². The molecule has 0 saturated heterocycles. The van der Waals surface area contributed by atoms with Crippen molar-refractivity contribution >= 4 is 56.1 Å². The van der Waals surface area contributed by atoms with Crippen LogP contribution in [0, 0.1) is 0 Å². The predicted molar refractivity (Wildman–Crippen MR) is 367 cm³/mol. The smallest absolute Gasteiger partial charge is 0.0714 e. The lowest BCUT2D eigenvalue weighted by Crippen LogP contribution is -2.34. The summed E-state index contributed by atoms with van der Waals surface area (Å²) >= 11 is 7.42. The molecule has 8 aromatic carbocycles. The van der Waals surface area contributed by atoms with E-state index in [1.807, 2.05) is 45.3 Å². The molecule has 0 aliphatic heterocycles. The van der Waals surface area contributed by atoms with Crippen LogP contribution in [-0.4, -0.2) is 0 Å². The number of hydrogen-bond donors (Lipinski definition) is 0. The highest BCUT2D eigenvalue weighted by Crippen LogP contribution is 2.64. The summed E-state index contributed by atoms with van der Waals surface area (Å²) < 4.78 is 0. The number of benzene rings is 8. The molecule has 2 aliphatic carbocycles. The average Bonchev–Trinajstić information content (AvgIpc) is 1.38. The number of rotatable bonds is 8. The Balaban J connectivity index is 1.12. The largest absolute Gasteiger partial charge is 0.143 e. The molecule has 84 heavy (non-hydrogen) atoms. The zero-order valence-electron chi connectivity index (χ0n) is 50.4. The van der Waals surface area contributed by atoms with Crippen LogP contribution in [-0.2, 0) is 32.5 Å². The molecule has 0 nitrogen and oxygen atoms in total. The Morgan fingerprint density at radius 2 is 0.667 bits per heavy atom. The highest BCUT2D eigenvalue weighted by molar-refractivity contribution is 7.23. The normalized spacial score (nSPS) is 14.4. The van der Waals surface area contributed by atoms with Crippen molar-refractivity contribution in [3.05, 3.63) is 284 Å². The summed E-state index contributed by atoms with van der Waals surface area (Å²) in [5.41, 5.74) is 21.9. The summed E-state index contributed by atoms with van der Waals surface area (Å²) in [7, 11) is 0. The van der Waals surface area contributed by atoms with Crippen LogP contribution in [0.3, 0.4) is 0 Å². The maximum absolute atomic E-state index is 2.67. The van der Waals surface area contributed by atoms with Crippen LogP contribution >= 0.6 is 45.3 Å². The molecule has 0 saturated carbocycles. The first-order valence-corrected chi connectivity index (χ1v) is 33.2. The van der Waals surface area contributed by atoms with E-state index < -0.39 is 10.8 Å². The van der Waals surface area contributed by atoms with Crippen LogP contribution < -0.4 is 0 Å². The monoisotopic (exact) mass is 1160 g/mol. The fourth-order valence-electron chi connectivity index (χ4n) is 13.9. The molecule has 416 valence electrons. The van der Waals surface area contributed by atoms with Gasteiger partial charge in [0.1, 0.15) is 0 Å². The first-order chi connectivity index (χ1) is 40.1. The SMILES string of the molecule is CC(C)(C)c1ccc(C2(c3ccc(C(C)(C)C)cc3)c3cc(-c4ccc(-c5cccs5)s4)ccc3-c3c2cc2c4c(cccc34)C(c3ccc(C(C)(C)C)cc3)(c3ccc(C(C)(C)C)cc3)c3cc(-c4ccc(-c5cccs5)s4)ccc3-2)cc1. The Kier molecular flexibility index (Phi) is 12.8. The van der Waals surface area contributed by atoms with Crippen LogP contribution in [0.1, 0.15) is 150 Å². The molecule has 0 amide bonds. The van der Waals surface area contributed by atoms with Crippen molar-refractivity contribution in [3.8, 4) is 62.6 Å². The molecule has 0 atom stereocenters. The van der Waals surface area contributed by atoms with E-state index in [1.54, 1.807) is 0 Å². The van der Waals surface area contributed by atoms with Gasteiger partial charge in [0.15, 0.2) is 0 Å². The lowest BCUT2D eigenvalue weighted by atomic mass is 9.58. The molecule has 4 heteroatoms. The topological polar surface area (TPSA) is 0 Å². The highest BCUT2D eigenvalue weighted by Gasteiger charge is 2.51. The molecule has 0 spiro atoms. The van der Waals surface area contributed by atoms with E-state index in [-0.39, 0.29) is 21.7 Å². The third-order valence-corrected chi connectivity index (χ3v) is 22.8. The average molecular weight is 1160 g/mol. The standard InChI is InChI=1S/C80H72S4/c1-75(2,3)51-22-30-55(31-23-51)79(56-32-24-52(25-33-56)76(4,5)6)63-17-13-16-61-73-60-39-21-50(68-41-43-72(84-68)70-19-15-45-82-70)47-65(60)80(57-34-26-53(27-35-57)77(7,8)9,58-36-28-54(29-37-58)78(10,11)12)66(73)48-62(74(61)63)59-38-20-49(46-64(59)79)67-40-42-71(83-67)69-18-14-44-81-69/h13-48H,1-12H3. The van der Waals surface area contributed by atoms with Gasteiger partial charge in [0.05, 0.1) is 10.8 Å². The lowest BCUT2D eigenvalue weighted by molar-refractivity contribution is 0.588. The zero-order valence-corrected chi connectivity index (χ0v) is 53.7. The van der Waals surface area contributed by atoms with E-state index in [1.165, 1.54) is 140 Å². The summed E-state index contributed by atoms with van der Waals surface area (Å²) in [5.74, 6) is 0. The Hall–Kier alpha value is -7.18. The van der Waals surface area contributed by atoms with Gasteiger partial charge in [0.2, 0.25) is 0 Å². The van der Waals surface area contributed by atoms with Gasteiger partial charge < -0.3 is 0 Å². The van der Waals surface area contributed by atoms with Crippen molar-refractivity contribution in [3.63, 3.8) is 0 Å². The quantitative estimate of drug-likeness (QED) is 0.142. The number of thiophene rings is 4. The summed E-state index contributed by atoms with van der Waals surface area (Å²) in [6.45, 7) is 28.0. The van der Waals surface area contributed by atoms with Crippen LogP contribution in [0.5, 0.6) is 0 Å². The minimum Gasteiger partial charge on any atom is -0.143 e. The Morgan fingerprint density at radius 3 is 1.06 bits per heavy atom. The van der Waals surface area contributed by atoms with Gasteiger partial charge in [-0.05, 0) is 198 Å². The highest BCUT2D eigenvalue weighted by atomic mass is 32.1. The van der Waals surface area contributed by atoms with E-state index in [0.717, 1.165) is 0 Å². The maximum atomic E-state index is 2.67. The number of hydrogen-bond acceptors (Lipinski definition) is 4. The Labute approximate surface area is 514 Å². The van der Waals surface area contributed by atoms with Gasteiger partial charge in [0, 0.05) is 29.3 Å². The molecule has 0 unspecified atom stereocenters. The van der Waals surface area contributed by atoms with Crippen molar-refractivity contribution in [2.75, 3.05) is 0 Å². The summed E-state index contributed by atoms with van der Waals surface area (Å²) in [6.07, 6.45) is 0. The minimum atomic E-state index is -0.694. The van der Waals surface area contributed by atoms with E-state index in [4.69, 9.17) is 0 Å². The summed E-state index contributed by atoms with van der Waals surface area (Å²) in [6, 6.07) is 82.1. The van der Waals surface area contributed by atoms with Crippen LogP contribution in [0.2, 0.25) is 0 Å². The first-order valence-electron chi connectivity index (χ1n) is 29.8. The Bertz CT molecular complexity index is 4340. The molecule has 12 aromatic rings. The summed E-state index contributed by atoms with van der Waals surface area (Å²) in [4.78, 5) is 7.78. The van der Waals surface area contributed by atoms with Crippen molar-refractivity contribution in [2.45, 2.75) is 116 Å². The van der Waals surface area contributed by atoms with Crippen LogP contribution in [0.25, 0.3) is 73.4 Å². The van der Waals surface area contributed by atoms with E-state index in [2.05, 4.69) is 300 Å². The molecule has 0 radical (unpaired) electrons. The van der Waals surface area contributed by atoms with Gasteiger partial charge in [-0.1, -0.05) is 235 Å². The molecule has 4 heterocycles. The fourth-order valence-corrected chi connectivity index (χ4v) is 17.6. The van der Waals surface area contributed by atoms with Crippen molar-refractivity contribution in [2.24, 2.45) is 0 Å². The molecule has 4 aromatic heterocycles. The van der Waals surface area contributed by atoms with Gasteiger partial charge in [-0.2, -0.15) is 0 Å². The molecule has 0 N–H and O–H groups in total. The van der Waals surface area contributed by atoms with Gasteiger partial charge in [-0.3, -0.25) is 0 Å². The molecule has 14 rings (SSSR count). The second kappa shape index (κ2) is 19.7.